The van der Waals surface area contributed by atoms with Crippen molar-refractivity contribution in [3.05, 3.63) is 22.8 Å². The SMILES string of the molecule is C[C@]12CCC3=C4CCC(=O)C=C4CC[C@H]3[C@@H]1CC[C@@H]2OCCCCCCOC1CCCCO1. The van der Waals surface area contributed by atoms with Crippen molar-refractivity contribution in [1.29, 1.82) is 0 Å². The number of carbonyl (C=O) groups excluding carboxylic acids is 1. The Balaban J connectivity index is 1.04. The van der Waals surface area contributed by atoms with Crippen LogP contribution in [-0.4, -0.2) is 38.0 Å². The minimum Gasteiger partial charge on any atom is -0.378 e. The van der Waals surface area contributed by atoms with Gasteiger partial charge >= 0.3 is 0 Å². The van der Waals surface area contributed by atoms with Crippen molar-refractivity contribution in [2.45, 2.75) is 116 Å². The van der Waals surface area contributed by atoms with Crippen molar-refractivity contribution < 1.29 is 19.0 Å². The highest BCUT2D eigenvalue weighted by atomic mass is 16.7. The summed E-state index contributed by atoms with van der Waals surface area (Å²) in [6.07, 6.45) is 19.8. The van der Waals surface area contributed by atoms with Crippen molar-refractivity contribution in [3.63, 3.8) is 0 Å². The van der Waals surface area contributed by atoms with Crippen LogP contribution in [-0.2, 0) is 19.0 Å². The molecule has 0 bridgehead atoms. The zero-order chi connectivity index (χ0) is 22.7. The highest BCUT2D eigenvalue weighted by molar-refractivity contribution is 5.93. The van der Waals surface area contributed by atoms with Crippen molar-refractivity contribution in [1.82, 2.24) is 0 Å². The molecule has 0 radical (unpaired) electrons. The van der Waals surface area contributed by atoms with E-state index in [0.29, 0.717) is 17.3 Å². The molecule has 184 valence electrons. The lowest BCUT2D eigenvalue weighted by Gasteiger charge is -2.49. The van der Waals surface area contributed by atoms with E-state index >= 15 is 0 Å². The van der Waals surface area contributed by atoms with Crippen LogP contribution in [0.2, 0.25) is 0 Å². The van der Waals surface area contributed by atoms with Gasteiger partial charge in [-0.3, -0.25) is 4.79 Å². The van der Waals surface area contributed by atoms with Gasteiger partial charge in [-0.25, -0.2) is 0 Å². The molecule has 0 spiro atoms. The number of rotatable bonds is 9. The maximum atomic E-state index is 11.9. The largest absolute Gasteiger partial charge is 0.378 e. The molecule has 4 heteroatoms. The summed E-state index contributed by atoms with van der Waals surface area (Å²) in [6.45, 7) is 5.13. The number of ketones is 1. The first-order chi connectivity index (χ1) is 16.1. The number of carbonyl (C=O) groups is 1. The summed E-state index contributed by atoms with van der Waals surface area (Å²) >= 11 is 0. The van der Waals surface area contributed by atoms with Crippen LogP contribution < -0.4 is 0 Å². The van der Waals surface area contributed by atoms with E-state index < -0.39 is 0 Å². The molecule has 2 saturated carbocycles. The zero-order valence-electron chi connectivity index (χ0n) is 20.7. The molecule has 1 unspecified atom stereocenters. The lowest BCUT2D eigenvalue weighted by Crippen LogP contribution is -2.43. The van der Waals surface area contributed by atoms with Crippen LogP contribution in [0.25, 0.3) is 0 Å². The summed E-state index contributed by atoms with van der Waals surface area (Å²) in [6, 6.07) is 0. The Kier molecular flexibility index (Phi) is 7.74. The minimum absolute atomic E-state index is 0.0529. The predicted octanol–water partition coefficient (Wildman–Crippen LogP) is 6.68. The van der Waals surface area contributed by atoms with Crippen LogP contribution in [0.5, 0.6) is 0 Å². The Labute approximate surface area is 200 Å². The van der Waals surface area contributed by atoms with Crippen molar-refractivity contribution in [2.75, 3.05) is 19.8 Å². The van der Waals surface area contributed by atoms with Gasteiger partial charge in [0.05, 0.1) is 6.10 Å². The quantitative estimate of drug-likeness (QED) is 0.363. The number of hydrogen-bond donors (Lipinski definition) is 0. The van der Waals surface area contributed by atoms with Gasteiger partial charge in [0.15, 0.2) is 12.1 Å². The average molecular weight is 457 g/mol. The van der Waals surface area contributed by atoms with E-state index in [4.69, 9.17) is 14.2 Å². The molecule has 0 amide bonds. The van der Waals surface area contributed by atoms with E-state index in [-0.39, 0.29) is 6.29 Å². The fourth-order valence-corrected chi connectivity index (χ4v) is 7.60. The van der Waals surface area contributed by atoms with Gasteiger partial charge in [-0.05, 0) is 112 Å². The standard InChI is InChI=1S/C29H44O4/c1-29-16-15-24-23-12-10-22(30)20-21(23)9-11-25(24)26(29)13-14-27(29)31-17-5-2-3-6-18-32-28-8-4-7-19-33-28/h20,25-28H,2-19H2,1H3/t25-,26+,27+,28?,29+/m1/s1. The van der Waals surface area contributed by atoms with E-state index in [2.05, 4.69) is 6.92 Å². The third-order valence-electron chi connectivity index (χ3n) is 9.44. The fraction of sp³-hybridized carbons (Fsp3) is 0.828. The molecular formula is C29H44O4. The Morgan fingerprint density at radius 1 is 0.939 bits per heavy atom. The molecule has 0 aromatic heterocycles. The topological polar surface area (TPSA) is 44.8 Å². The molecule has 4 aliphatic carbocycles. The molecule has 33 heavy (non-hydrogen) atoms. The summed E-state index contributed by atoms with van der Waals surface area (Å²) in [5.74, 6) is 1.86. The number of fused-ring (bicyclic) bond motifs is 4. The molecule has 5 aliphatic rings. The molecular weight excluding hydrogens is 412 g/mol. The van der Waals surface area contributed by atoms with Crippen LogP contribution in [0.15, 0.2) is 22.8 Å². The summed E-state index contributed by atoms with van der Waals surface area (Å²) in [5, 5.41) is 0. The van der Waals surface area contributed by atoms with Crippen LogP contribution in [0.3, 0.4) is 0 Å². The monoisotopic (exact) mass is 456 g/mol. The molecule has 0 aromatic rings. The maximum Gasteiger partial charge on any atom is 0.157 e. The van der Waals surface area contributed by atoms with E-state index in [9.17, 15) is 4.79 Å². The number of hydrogen-bond acceptors (Lipinski definition) is 4. The first-order valence-electron chi connectivity index (χ1n) is 14.0. The van der Waals surface area contributed by atoms with E-state index in [1.165, 1.54) is 63.4 Å². The van der Waals surface area contributed by atoms with Gasteiger partial charge in [0, 0.05) is 26.2 Å². The third kappa shape index (κ3) is 5.18. The molecule has 5 rings (SSSR count). The van der Waals surface area contributed by atoms with Gasteiger partial charge in [0.2, 0.25) is 0 Å². The van der Waals surface area contributed by atoms with Crippen LogP contribution in [0, 0.1) is 17.3 Å². The second kappa shape index (κ2) is 10.7. The summed E-state index contributed by atoms with van der Waals surface area (Å²) < 4.78 is 18.0. The number of ether oxygens (including phenoxy) is 3. The molecule has 1 aliphatic heterocycles. The number of allylic oxidation sites excluding steroid dienone is 4. The van der Waals surface area contributed by atoms with Crippen molar-refractivity contribution in [3.8, 4) is 0 Å². The average Bonchev–Trinajstić information content (AvgIpc) is 3.17. The van der Waals surface area contributed by atoms with Crippen molar-refractivity contribution >= 4 is 5.78 Å². The lowest BCUT2D eigenvalue weighted by atomic mass is 9.57. The molecule has 3 fully saturated rings. The first-order valence-corrected chi connectivity index (χ1v) is 14.0. The summed E-state index contributed by atoms with van der Waals surface area (Å²) in [7, 11) is 0. The van der Waals surface area contributed by atoms with E-state index in [1.807, 2.05) is 6.08 Å². The highest BCUT2D eigenvalue weighted by Gasteiger charge is 2.54. The number of unbranched alkanes of at least 4 members (excludes halogenated alkanes) is 3. The summed E-state index contributed by atoms with van der Waals surface area (Å²) in [4.78, 5) is 11.9. The van der Waals surface area contributed by atoms with Crippen molar-refractivity contribution in [2.24, 2.45) is 17.3 Å². The van der Waals surface area contributed by atoms with Gasteiger partial charge in [0.25, 0.3) is 0 Å². The Morgan fingerprint density at radius 2 is 1.79 bits per heavy atom. The van der Waals surface area contributed by atoms with Gasteiger partial charge < -0.3 is 14.2 Å². The Bertz CT molecular complexity index is 762. The van der Waals surface area contributed by atoms with Gasteiger partial charge in [-0.2, -0.15) is 0 Å². The Hall–Kier alpha value is -0.970. The fourth-order valence-electron chi connectivity index (χ4n) is 7.60. The predicted molar refractivity (Wildman–Crippen MR) is 130 cm³/mol. The molecule has 1 saturated heterocycles. The smallest absolute Gasteiger partial charge is 0.157 e. The highest BCUT2D eigenvalue weighted by Crippen LogP contribution is 2.60. The molecule has 1 heterocycles. The van der Waals surface area contributed by atoms with Crippen LogP contribution in [0.1, 0.15) is 103 Å². The zero-order valence-corrected chi connectivity index (χ0v) is 20.7. The maximum absolute atomic E-state index is 11.9. The van der Waals surface area contributed by atoms with Crippen LogP contribution >= 0.6 is 0 Å². The molecule has 4 nitrogen and oxygen atoms in total. The second-order valence-corrected chi connectivity index (χ2v) is 11.4. The molecule has 0 N–H and O–H groups in total. The normalized spacial score (nSPS) is 36.3. The third-order valence-corrected chi connectivity index (χ3v) is 9.44. The molecule has 0 aromatic carbocycles. The second-order valence-electron chi connectivity index (χ2n) is 11.4. The minimum atomic E-state index is 0.0529. The summed E-state index contributed by atoms with van der Waals surface area (Å²) in [5.41, 5.74) is 5.03. The lowest BCUT2D eigenvalue weighted by molar-refractivity contribution is -0.162. The first kappa shape index (κ1) is 23.8. The van der Waals surface area contributed by atoms with Gasteiger partial charge in [-0.15, -0.1) is 0 Å². The Morgan fingerprint density at radius 3 is 2.61 bits per heavy atom. The van der Waals surface area contributed by atoms with Gasteiger partial charge in [0.1, 0.15) is 0 Å². The van der Waals surface area contributed by atoms with E-state index in [0.717, 1.165) is 70.2 Å². The molecule has 5 atom stereocenters. The van der Waals surface area contributed by atoms with Gasteiger partial charge in [-0.1, -0.05) is 25.3 Å². The van der Waals surface area contributed by atoms with Crippen LogP contribution in [0.4, 0.5) is 0 Å². The van der Waals surface area contributed by atoms with E-state index in [1.54, 1.807) is 11.1 Å².